The van der Waals surface area contributed by atoms with E-state index in [1.165, 1.54) is 0 Å². The second kappa shape index (κ2) is 6.14. The number of benzene rings is 1. The van der Waals surface area contributed by atoms with Crippen molar-refractivity contribution in [3.8, 4) is 5.75 Å². The van der Waals surface area contributed by atoms with Crippen molar-refractivity contribution in [3.63, 3.8) is 0 Å². The lowest BCUT2D eigenvalue weighted by Crippen LogP contribution is -2.41. The van der Waals surface area contributed by atoms with Gasteiger partial charge in [0.2, 0.25) is 5.91 Å². The number of rotatable bonds is 4. The Hall–Kier alpha value is -1.07. The van der Waals surface area contributed by atoms with Crippen LogP contribution in [0.1, 0.15) is 38.3 Å². The van der Waals surface area contributed by atoms with Crippen molar-refractivity contribution >= 4 is 21.8 Å². The van der Waals surface area contributed by atoms with E-state index in [0.29, 0.717) is 6.54 Å². The summed E-state index contributed by atoms with van der Waals surface area (Å²) in [6.07, 6.45) is 1.98. The predicted molar refractivity (Wildman–Crippen MR) is 82.6 cm³/mol. The molecule has 2 rings (SSSR count). The first-order valence-electron chi connectivity index (χ1n) is 6.86. The number of ether oxygens (including phenoxy) is 1. The van der Waals surface area contributed by atoms with Crippen molar-refractivity contribution < 1.29 is 9.53 Å². The second-order valence-corrected chi connectivity index (χ2v) is 6.77. The van der Waals surface area contributed by atoms with Gasteiger partial charge in [0.15, 0.2) is 0 Å². The van der Waals surface area contributed by atoms with E-state index in [1.807, 2.05) is 26.0 Å². The first-order valence-corrected chi connectivity index (χ1v) is 7.65. The minimum Gasteiger partial charge on any atom is -0.493 e. The largest absolute Gasteiger partial charge is 0.493 e. The Bertz CT molecular complexity index is 503. The molecule has 1 aromatic rings. The lowest BCUT2D eigenvalue weighted by Gasteiger charge is -2.25. The molecule has 0 saturated heterocycles. The summed E-state index contributed by atoms with van der Waals surface area (Å²) in [5, 5.41) is 3.46. The Morgan fingerprint density at radius 2 is 2.30 bits per heavy atom. The summed E-state index contributed by atoms with van der Waals surface area (Å²) in [7, 11) is 0. The highest BCUT2D eigenvalue weighted by Crippen LogP contribution is 2.34. The maximum Gasteiger partial charge on any atom is 0.224 e. The first kappa shape index (κ1) is 15.3. The summed E-state index contributed by atoms with van der Waals surface area (Å²) >= 11 is 3.46. The van der Waals surface area contributed by atoms with Crippen LogP contribution in [0.2, 0.25) is 0 Å². The zero-order valence-electron chi connectivity index (χ0n) is 11.9. The van der Waals surface area contributed by atoms with Crippen LogP contribution in [0.3, 0.4) is 0 Å². The molecule has 1 atom stereocenters. The third kappa shape index (κ3) is 3.52. The molecule has 0 radical (unpaired) electrons. The summed E-state index contributed by atoms with van der Waals surface area (Å²) in [6.45, 7) is 5.00. The van der Waals surface area contributed by atoms with E-state index in [-0.39, 0.29) is 11.9 Å². The van der Waals surface area contributed by atoms with E-state index >= 15 is 0 Å². The third-order valence-corrected chi connectivity index (χ3v) is 4.20. The summed E-state index contributed by atoms with van der Waals surface area (Å²) in [5.74, 6) is 0.622. The minimum atomic E-state index is -0.553. The number of nitrogens with two attached hydrogens (primary N) is 1. The van der Waals surface area contributed by atoms with Gasteiger partial charge in [-0.05, 0) is 38.8 Å². The third-order valence-electron chi connectivity index (χ3n) is 3.70. The van der Waals surface area contributed by atoms with E-state index in [4.69, 9.17) is 10.5 Å². The number of fused-ring (bicyclic) bond motifs is 1. The van der Waals surface area contributed by atoms with Gasteiger partial charge in [0.25, 0.3) is 0 Å². The molecule has 1 heterocycles. The Balaban J connectivity index is 2.15. The molecule has 1 aliphatic heterocycles. The van der Waals surface area contributed by atoms with Crippen molar-refractivity contribution in [3.05, 3.63) is 28.2 Å². The van der Waals surface area contributed by atoms with Crippen LogP contribution < -0.4 is 15.8 Å². The molecule has 0 bridgehead atoms. The van der Waals surface area contributed by atoms with E-state index < -0.39 is 5.41 Å². The van der Waals surface area contributed by atoms with Gasteiger partial charge in [-0.2, -0.15) is 0 Å². The molecule has 110 valence electrons. The Morgan fingerprint density at radius 3 is 3.00 bits per heavy atom. The van der Waals surface area contributed by atoms with Crippen LogP contribution in [-0.2, 0) is 4.79 Å². The highest BCUT2D eigenvalue weighted by molar-refractivity contribution is 9.10. The highest BCUT2D eigenvalue weighted by atomic mass is 79.9. The zero-order chi connectivity index (χ0) is 14.8. The van der Waals surface area contributed by atoms with Crippen LogP contribution in [-0.4, -0.2) is 19.1 Å². The van der Waals surface area contributed by atoms with Crippen molar-refractivity contribution in [2.24, 2.45) is 11.1 Å². The number of amides is 1. The van der Waals surface area contributed by atoms with Gasteiger partial charge in [-0.3, -0.25) is 4.79 Å². The van der Waals surface area contributed by atoms with E-state index in [1.54, 1.807) is 0 Å². The molecule has 0 aromatic heterocycles. The number of hydrogen-bond acceptors (Lipinski definition) is 3. The molecule has 0 saturated carbocycles. The molecule has 1 amide bonds. The van der Waals surface area contributed by atoms with Crippen LogP contribution >= 0.6 is 15.9 Å². The smallest absolute Gasteiger partial charge is 0.224 e. The van der Waals surface area contributed by atoms with Gasteiger partial charge in [0, 0.05) is 22.6 Å². The molecule has 4 nitrogen and oxygen atoms in total. The van der Waals surface area contributed by atoms with Crippen LogP contribution in [0.25, 0.3) is 0 Å². The van der Waals surface area contributed by atoms with Crippen molar-refractivity contribution in [2.45, 2.75) is 32.7 Å². The average Bonchev–Trinajstić information content (AvgIpc) is 2.58. The monoisotopic (exact) mass is 340 g/mol. The Morgan fingerprint density at radius 1 is 1.55 bits per heavy atom. The van der Waals surface area contributed by atoms with Gasteiger partial charge in [-0.15, -0.1) is 0 Å². The number of primary amides is 1. The molecular formula is C15H21BrN2O2. The average molecular weight is 341 g/mol. The normalized spacial score (nSPS) is 18.9. The van der Waals surface area contributed by atoms with Crippen molar-refractivity contribution in [2.75, 3.05) is 13.2 Å². The van der Waals surface area contributed by atoms with Crippen molar-refractivity contribution in [1.82, 2.24) is 5.32 Å². The fourth-order valence-corrected chi connectivity index (χ4v) is 2.56. The summed E-state index contributed by atoms with van der Waals surface area (Å²) < 4.78 is 6.79. The molecular weight excluding hydrogens is 320 g/mol. The number of nitrogens with one attached hydrogen (secondary N) is 1. The minimum absolute atomic E-state index is 0.194. The van der Waals surface area contributed by atoms with E-state index in [2.05, 4.69) is 27.3 Å². The molecule has 1 aliphatic rings. The van der Waals surface area contributed by atoms with Gasteiger partial charge in [0.1, 0.15) is 5.75 Å². The second-order valence-electron chi connectivity index (χ2n) is 5.85. The summed E-state index contributed by atoms with van der Waals surface area (Å²) in [4.78, 5) is 11.4. The summed E-state index contributed by atoms with van der Waals surface area (Å²) in [5.41, 5.74) is 6.01. The van der Waals surface area contributed by atoms with Crippen LogP contribution in [0.5, 0.6) is 5.75 Å². The van der Waals surface area contributed by atoms with Gasteiger partial charge in [-0.25, -0.2) is 0 Å². The van der Waals surface area contributed by atoms with Crippen molar-refractivity contribution in [1.29, 1.82) is 0 Å². The molecule has 0 aliphatic carbocycles. The van der Waals surface area contributed by atoms with E-state index in [9.17, 15) is 4.79 Å². The fraction of sp³-hybridized carbons (Fsp3) is 0.533. The lowest BCUT2D eigenvalue weighted by atomic mass is 9.91. The Labute approximate surface area is 128 Å². The maximum atomic E-state index is 11.4. The first-order chi connectivity index (χ1) is 9.40. The number of hydrogen-bond donors (Lipinski definition) is 2. The molecule has 0 spiro atoms. The predicted octanol–water partition coefficient (Wildman–Crippen LogP) is 2.76. The van der Waals surface area contributed by atoms with Crippen LogP contribution in [0, 0.1) is 5.41 Å². The van der Waals surface area contributed by atoms with Gasteiger partial charge >= 0.3 is 0 Å². The highest BCUT2D eigenvalue weighted by Gasteiger charge is 2.27. The van der Waals surface area contributed by atoms with Gasteiger partial charge < -0.3 is 15.8 Å². The molecule has 5 heteroatoms. The maximum absolute atomic E-state index is 11.4. The zero-order valence-corrected chi connectivity index (χ0v) is 13.5. The molecule has 0 fully saturated rings. The molecule has 3 N–H and O–H groups in total. The number of carbonyl (C=O) groups is 1. The molecule has 1 unspecified atom stereocenters. The quantitative estimate of drug-likeness (QED) is 0.885. The van der Waals surface area contributed by atoms with Gasteiger partial charge in [0.05, 0.1) is 12.0 Å². The lowest BCUT2D eigenvalue weighted by molar-refractivity contribution is -0.125. The SMILES string of the molecule is CC(C)(CNC1CCCOc2cc(Br)ccc21)C(N)=O. The molecule has 20 heavy (non-hydrogen) atoms. The number of carbonyl (C=O) groups excluding carboxylic acids is 1. The standard InChI is InChI=1S/C15H21BrN2O2/c1-15(2,14(17)19)9-18-12-4-3-7-20-13-8-10(16)5-6-11(12)13/h5-6,8,12,18H,3-4,7,9H2,1-2H3,(H2,17,19). The fourth-order valence-electron chi connectivity index (χ4n) is 2.22. The topological polar surface area (TPSA) is 64.3 Å². The number of halogens is 1. The molecule has 1 aromatic carbocycles. The van der Waals surface area contributed by atoms with Crippen LogP contribution in [0.4, 0.5) is 0 Å². The summed E-state index contributed by atoms with van der Waals surface area (Å²) in [6, 6.07) is 6.27. The van der Waals surface area contributed by atoms with Gasteiger partial charge in [-0.1, -0.05) is 22.0 Å². The van der Waals surface area contributed by atoms with E-state index in [0.717, 1.165) is 35.2 Å². The van der Waals surface area contributed by atoms with Crippen LogP contribution in [0.15, 0.2) is 22.7 Å². The Kier molecular flexibility index (Phi) is 4.70.